The Bertz CT molecular complexity index is 903. The van der Waals surface area contributed by atoms with Crippen LogP contribution in [0.25, 0.3) is 0 Å². The van der Waals surface area contributed by atoms with E-state index in [4.69, 9.17) is 5.73 Å². The first-order valence-corrected chi connectivity index (χ1v) is 9.09. The summed E-state index contributed by atoms with van der Waals surface area (Å²) in [7, 11) is 0. The number of amides is 2. The van der Waals surface area contributed by atoms with Gasteiger partial charge in [-0.1, -0.05) is 6.92 Å². The number of nitrogens with two attached hydrogens (primary N) is 1. The molecule has 0 bridgehead atoms. The lowest BCUT2D eigenvalue weighted by Gasteiger charge is -2.31. The molecule has 3 rings (SSSR count). The second-order valence-electron chi connectivity index (χ2n) is 7.03. The minimum atomic E-state index is -0.559. The third-order valence-corrected chi connectivity index (χ3v) is 4.99. The van der Waals surface area contributed by atoms with Crippen molar-refractivity contribution in [1.29, 1.82) is 0 Å². The molecule has 0 unspecified atom stereocenters. The van der Waals surface area contributed by atoms with Crippen molar-refractivity contribution in [3.63, 3.8) is 0 Å². The van der Waals surface area contributed by atoms with Gasteiger partial charge >= 0.3 is 0 Å². The molecule has 1 aliphatic heterocycles. The van der Waals surface area contributed by atoms with Crippen LogP contribution >= 0.6 is 0 Å². The van der Waals surface area contributed by atoms with Gasteiger partial charge in [-0.3, -0.25) is 19.7 Å². The maximum Gasteiger partial charge on any atom is 0.293 e. The van der Waals surface area contributed by atoms with Crippen LogP contribution in [0.3, 0.4) is 0 Å². The molecule has 0 aliphatic carbocycles. The van der Waals surface area contributed by atoms with Crippen LogP contribution in [0.4, 0.5) is 17.1 Å². The second kappa shape index (κ2) is 8.08. The van der Waals surface area contributed by atoms with Gasteiger partial charge in [0.05, 0.1) is 4.92 Å². The first-order valence-electron chi connectivity index (χ1n) is 9.09. The summed E-state index contributed by atoms with van der Waals surface area (Å²) in [5, 5.41) is 14.2. The van der Waals surface area contributed by atoms with E-state index >= 15 is 0 Å². The largest absolute Gasteiger partial charge is 0.366 e. The van der Waals surface area contributed by atoms with Crippen molar-refractivity contribution in [2.75, 3.05) is 23.3 Å². The fraction of sp³-hybridized carbons (Fsp3) is 0.300. The fourth-order valence-electron chi connectivity index (χ4n) is 3.25. The van der Waals surface area contributed by atoms with Gasteiger partial charge in [-0.2, -0.15) is 0 Å². The summed E-state index contributed by atoms with van der Waals surface area (Å²) in [5.74, 6) is -0.411. The molecule has 0 aromatic heterocycles. The maximum atomic E-state index is 12.5. The van der Waals surface area contributed by atoms with E-state index in [1.54, 1.807) is 24.3 Å². The zero-order chi connectivity index (χ0) is 20.3. The molecule has 8 nitrogen and oxygen atoms in total. The van der Waals surface area contributed by atoms with E-state index < -0.39 is 16.7 Å². The molecular weight excluding hydrogens is 360 g/mol. The van der Waals surface area contributed by atoms with Crippen LogP contribution in [-0.2, 0) is 0 Å². The molecule has 2 amide bonds. The normalized spacial score (nSPS) is 14.5. The molecule has 3 N–H and O–H groups in total. The van der Waals surface area contributed by atoms with Gasteiger partial charge in [0.1, 0.15) is 5.69 Å². The van der Waals surface area contributed by atoms with Crippen LogP contribution in [-0.4, -0.2) is 29.8 Å². The SMILES string of the molecule is CC1CCN(c2ccc(C(=O)Nc3ccc(C(N)=O)cc3)cc2[N+](=O)[O-])CC1. The zero-order valence-corrected chi connectivity index (χ0v) is 15.6. The number of carbonyl (C=O) groups excluding carboxylic acids is 2. The number of nitro groups is 1. The van der Waals surface area contributed by atoms with Crippen molar-refractivity contribution in [1.82, 2.24) is 0 Å². The summed E-state index contributed by atoms with van der Waals surface area (Å²) in [5.41, 5.74) is 6.64. The van der Waals surface area contributed by atoms with Crippen LogP contribution in [0.1, 0.15) is 40.5 Å². The van der Waals surface area contributed by atoms with Crippen LogP contribution < -0.4 is 16.0 Å². The Kier molecular flexibility index (Phi) is 5.58. The summed E-state index contributed by atoms with van der Waals surface area (Å²) in [4.78, 5) is 36.7. The lowest BCUT2D eigenvalue weighted by atomic mass is 9.98. The topological polar surface area (TPSA) is 119 Å². The second-order valence-corrected chi connectivity index (χ2v) is 7.03. The number of benzene rings is 2. The molecule has 146 valence electrons. The number of hydrogen-bond acceptors (Lipinski definition) is 5. The number of hydrogen-bond donors (Lipinski definition) is 2. The van der Waals surface area contributed by atoms with Crippen LogP contribution in [0.5, 0.6) is 0 Å². The van der Waals surface area contributed by atoms with Crippen molar-refractivity contribution in [2.45, 2.75) is 19.8 Å². The van der Waals surface area contributed by atoms with E-state index in [0.717, 1.165) is 25.9 Å². The van der Waals surface area contributed by atoms with Crippen LogP contribution in [0.15, 0.2) is 42.5 Å². The minimum absolute atomic E-state index is 0.0775. The highest BCUT2D eigenvalue weighted by molar-refractivity contribution is 6.05. The van der Waals surface area contributed by atoms with Crippen molar-refractivity contribution < 1.29 is 14.5 Å². The number of rotatable bonds is 5. The number of primary amides is 1. The number of carbonyl (C=O) groups is 2. The van der Waals surface area contributed by atoms with Crippen LogP contribution in [0.2, 0.25) is 0 Å². The maximum absolute atomic E-state index is 12.5. The molecule has 1 saturated heterocycles. The van der Waals surface area contributed by atoms with E-state index in [0.29, 0.717) is 22.9 Å². The Morgan fingerprint density at radius 1 is 1.11 bits per heavy atom. The average molecular weight is 382 g/mol. The quantitative estimate of drug-likeness (QED) is 0.608. The van der Waals surface area contributed by atoms with Gasteiger partial charge in [-0.15, -0.1) is 0 Å². The predicted octanol–water partition coefficient (Wildman–Crippen LogP) is 3.18. The standard InChI is InChI=1S/C20H22N4O4/c1-13-8-10-23(11-9-13)17-7-4-15(12-18(17)24(27)28)20(26)22-16-5-2-14(3-6-16)19(21)25/h2-7,12-13H,8-11H2,1H3,(H2,21,25)(H,22,26). The van der Waals surface area contributed by atoms with E-state index in [1.165, 1.54) is 18.2 Å². The monoisotopic (exact) mass is 382 g/mol. The molecule has 2 aromatic rings. The third-order valence-electron chi connectivity index (χ3n) is 4.99. The fourth-order valence-corrected chi connectivity index (χ4v) is 3.25. The van der Waals surface area contributed by atoms with Crippen LogP contribution in [0, 0.1) is 16.0 Å². The first-order chi connectivity index (χ1) is 13.3. The molecule has 8 heteroatoms. The van der Waals surface area contributed by atoms with Crippen molar-refractivity contribution in [3.05, 3.63) is 63.7 Å². The Balaban J connectivity index is 1.80. The minimum Gasteiger partial charge on any atom is -0.366 e. The highest BCUT2D eigenvalue weighted by Crippen LogP contribution is 2.32. The van der Waals surface area contributed by atoms with Crippen molar-refractivity contribution in [2.24, 2.45) is 11.7 Å². The number of nitrogens with one attached hydrogen (secondary N) is 1. The molecule has 1 heterocycles. The summed E-state index contributed by atoms with van der Waals surface area (Å²) in [6.45, 7) is 3.70. The molecule has 2 aromatic carbocycles. The molecule has 0 atom stereocenters. The van der Waals surface area contributed by atoms with Gasteiger partial charge in [0, 0.05) is 36.0 Å². The molecule has 1 aliphatic rings. The summed E-state index contributed by atoms with van der Waals surface area (Å²) in [6, 6.07) is 10.6. The number of anilines is 2. The lowest BCUT2D eigenvalue weighted by molar-refractivity contribution is -0.384. The van der Waals surface area contributed by atoms with Gasteiger partial charge < -0.3 is 16.0 Å². The van der Waals surface area contributed by atoms with Crippen molar-refractivity contribution in [3.8, 4) is 0 Å². The van der Waals surface area contributed by atoms with E-state index in [2.05, 4.69) is 12.2 Å². The van der Waals surface area contributed by atoms with Gasteiger partial charge in [0.2, 0.25) is 5.91 Å². The number of nitrogens with zero attached hydrogens (tertiary/aromatic N) is 2. The molecule has 0 spiro atoms. The molecule has 1 fully saturated rings. The molecule has 28 heavy (non-hydrogen) atoms. The Morgan fingerprint density at radius 3 is 2.29 bits per heavy atom. The van der Waals surface area contributed by atoms with E-state index in [9.17, 15) is 19.7 Å². The summed E-state index contributed by atoms with van der Waals surface area (Å²) < 4.78 is 0. The first kappa shape index (κ1) is 19.3. The van der Waals surface area contributed by atoms with Crippen molar-refractivity contribution >= 4 is 28.9 Å². The third kappa shape index (κ3) is 4.28. The summed E-state index contributed by atoms with van der Waals surface area (Å²) in [6.07, 6.45) is 1.97. The van der Waals surface area contributed by atoms with Gasteiger partial charge in [0.25, 0.3) is 11.6 Å². The predicted molar refractivity (Wildman–Crippen MR) is 107 cm³/mol. The molecule has 0 radical (unpaired) electrons. The van der Waals surface area contributed by atoms with Gasteiger partial charge in [-0.05, 0) is 55.2 Å². The molecule has 0 saturated carbocycles. The number of nitro benzene ring substituents is 1. The van der Waals surface area contributed by atoms with Gasteiger partial charge in [-0.25, -0.2) is 0 Å². The van der Waals surface area contributed by atoms with Gasteiger partial charge in [0.15, 0.2) is 0 Å². The smallest absolute Gasteiger partial charge is 0.293 e. The summed E-state index contributed by atoms with van der Waals surface area (Å²) >= 11 is 0. The van der Waals surface area contributed by atoms with E-state index in [1.807, 2.05) is 4.90 Å². The Morgan fingerprint density at radius 2 is 1.71 bits per heavy atom. The Hall–Kier alpha value is -3.42. The molecular formula is C20H22N4O4. The Labute approximate surface area is 162 Å². The lowest BCUT2D eigenvalue weighted by Crippen LogP contribution is -2.33. The average Bonchev–Trinajstić information content (AvgIpc) is 2.68. The number of piperidine rings is 1. The highest BCUT2D eigenvalue weighted by atomic mass is 16.6. The van der Waals surface area contributed by atoms with E-state index in [-0.39, 0.29) is 11.3 Å². The zero-order valence-electron chi connectivity index (χ0n) is 15.6. The highest BCUT2D eigenvalue weighted by Gasteiger charge is 2.24.